The van der Waals surface area contributed by atoms with Crippen molar-refractivity contribution in [3.05, 3.63) is 24.2 Å². The smallest absolute Gasteiger partial charge is 0.256 e. The van der Waals surface area contributed by atoms with Crippen LogP contribution in [0.1, 0.15) is 42.5 Å². The lowest BCUT2D eigenvalue weighted by atomic mass is 9.74. The van der Waals surface area contributed by atoms with Gasteiger partial charge in [0, 0.05) is 38.5 Å². The van der Waals surface area contributed by atoms with Gasteiger partial charge in [0.05, 0.1) is 11.8 Å². The van der Waals surface area contributed by atoms with Crippen molar-refractivity contribution in [2.75, 3.05) is 20.6 Å². The molecule has 2 atom stereocenters. The number of nitrogens with zero attached hydrogens (tertiary/aromatic N) is 2. The fraction of sp³-hybridized carbons (Fsp3) is 0.625. The molecule has 5 heteroatoms. The highest BCUT2D eigenvalue weighted by atomic mass is 16.3. The van der Waals surface area contributed by atoms with Gasteiger partial charge in [0.25, 0.3) is 5.91 Å². The van der Waals surface area contributed by atoms with Gasteiger partial charge in [-0.05, 0) is 25.3 Å². The summed E-state index contributed by atoms with van der Waals surface area (Å²) in [5, 5.41) is 0. The number of carbonyl (C=O) groups is 2. The van der Waals surface area contributed by atoms with E-state index in [9.17, 15) is 9.59 Å². The summed E-state index contributed by atoms with van der Waals surface area (Å²) in [7, 11) is 3.75. The summed E-state index contributed by atoms with van der Waals surface area (Å²) in [5.41, 5.74) is 0.653. The molecule has 5 nitrogen and oxygen atoms in total. The summed E-state index contributed by atoms with van der Waals surface area (Å²) in [5.74, 6) is 0.227. The second-order valence-corrected chi connectivity index (χ2v) is 6.45. The Kier molecular flexibility index (Phi) is 3.51. The first-order chi connectivity index (χ1) is 10.0. The fourth-order valence-electron chi connectivity index (χ4n) is 4.14. The van der Waals surface area contributed by atoms with Crippen molar-refractivity contribution < 1.29 is 14.0 Å². The number of hydrogen-bond acceptors (Lipinski definition) is 3. The third-order valence-electron chi connectivity index (χ3n) is 5.22. The third-order valence-corrected chi connectivity index (χ3v) is 5.22. The van der Waals surface area contributed by atoms with Crippen LogP contribution >= 0.6 is 0 Å². The number of likely N-dealkylation sites (tertiary alicyclic amines) is 1. The lowest BCUT2D eigenvalue weighted by molar-refractivity contribution is -0.140. The number of hydrogen-bond donors (Lipinski definition) is 0. The standard InChI is InChI=1S/C16H22N2O3/c1-17(15(20)12-6-9-21-10-12)11-16-7-3-4-13(16)18(2)14(19)5-8-16/h6,9-10,13H,3-5,7-8,11H2,1-2H3. The van der Waals surface area contributed by atoms with Crippen molar-refractivity contribution in [2.45, 2.75) is 38.1 Å². The first-order valence-corrected chi connectivity index (χ1v) is 7.57. The van der Waals surface area contributed by atoms with E-state index in [1.165, 1.54) is 12.5 Å². The van der Waals surface area contributed by atoms with Crippen LogP contribution in [0.4, 0.5) is 0 Å². The predicted molar refractivity (Wildman–Crippen MR) is 77.7 cm³/mol. The minimum atomic E-state index is -0.0108. The van der Waals surface area contributed by atoms with Crippen molar-refractivity contribution in [3.63, 3.8) is 0 Å². The van der Waals surface area contributed by atoms with Gasteiger partial charge in [-0.25, -0.2) is 0 Å². The Morgan fingerprint density at radius 2 is 2.33 bits per heavy atom. The Morgan fingerprint density at radius 1 is 1.52 bits per heavy atom. The van der Waals surface area contributed by atoms with Crippen molar-refractivity contribution in [1.29, 1.82) is 0 Å². The van der Waals surface area contributed by atoms with Crippen LogP contribution in [-0.2, 0) is 4.79 Å². The largest absolute Gasteiger partial charge is 0.472 e. The van der Waals surface area contributed by atoms with Gasteiger partial charge in [-0.1, -0.05) is 6.42 Å². The molecule has 0 aromatic carbocycles. The second-order valence-electron chi connectivity index (χ2n) is 6.45. The first-order valence-electron chi connectivity index (χ1n) is 7.57. The third kappa shape index (κ3) is 2.34. The minimum Gasteiger partial charge on any atom is -0.472 e. The maximum absolute atomic E-state index is 12.4. The molecule has 114 valence electrons. The molecule has 3 rings (SSSR count). The van der Waals surface area contributed by atoms with Gasteiger partial charge in [-0.2, -0.15) is 0 Å². The maximum Gasteiger partial charge on any atom is 0.256 e. The van der Waals surface area contributed by atoms with Crippen molar-refractivity contribution in [3.8, 4) is 0 Å². The molecule has 1 saturated carbocycles. The van der Waals surface area contributed by atoms with Gasteiger partial charge in [0.1, 0.15) is 6.26 Å². The van der Waals surface area contributed by atoms with Crippen LogP contribution in [0, 0.1) is 5.41 Å². The highest BCUT2D eigenvalue weighted by Crippen LogP contribution is 2.48. The van der Waals surface area contributed by atoms with Gasteiger partial charge in [-0.3, -0.25) is 9.59 Å². The molecule has 0 bridgehead atoms. The van der Waals surface area contributed by atoms with Crippen molar-refractivity contribution in [2.24, 2.45) is 5.41 Å². The van der Waals surface area contributed by atoms with Crippen LogP contribution in [-0.4, -0.2) is 48.3 Å². The Balaban J connectivity index is 1.76. The lowest BCUT2D eigenvalue weighted by Crippen LogP contribution is -2.54. The average molecular weight is 290 g/mol. The van der Waals surface area contributed by atoms with Gasteiger partial charge in [0.15, 0.2) is 0 Å². The molecule has 1 aliphatic heterocycles. The summed E-state index contributed by atoms with van der Waals surface area (Å²) in [6.07, 6.45) is 7.78. The van der Waals surface area contributed by atoms with E-state index in [0.717, 1.165) is 25.7 Å². The van der Waals surface area contributed by atoms with Crippen LogP contribution in [0.2, 0.25) is 0 Å². The zero-order valence-electron chi connectivity index (χ0n) is 12.7. The monoisotopic (exact) mass is 290 g/mol. The minimum absolute atomic E-state index is 0.0108. The zero-order valence-corrected chi connectivity index (χ0v) is 12.7. The molecule has 1 aromatic rings. The number of carbonyl (C=O) groups excluding carboxylic acids is 2. The molecule has 1 aromatic heterocycles. The highest BCUT2D eigenvalue weighted by molar-refractivity contribution is 5.93. The molecule has 2 heterocycles. The van der Waals surface area contributed by atoms with E-state index in [0.29, 0.717) is 18.5 Å². The molecule has 0 spiro atoms. The summed E-state index contributed by atoms with van der Waals surface area (Å²) in [6.45, 7) is 0.708. The van der Waals surface area contributed by atoms with Crippen LogP contribution in [0.15, 0.2) is 23.0 Å². The van der Waals surface area contributed by atoms with E-state index >= 15 is 0 Å². The number of furan rings is 1. The number of rotatable bonds is 3. The molecule has 0 N–H and O–H groups in total. The summed E-state index contributed by atoms with van der Waals surface area (Å²) >= 11 is 0. The van der Waals surface area contributed by atoms with Crippen LogP contribution in [0.25, 0.3) is 0 Å². The maximum atomic E-state index is 12.4. The molecule has 2 fully saturated rings. The SMILES string of the molecule is CN(CC12CCCC1N(C)C(=O)CC2)C(=O)c1ccoc1. The molecular weight excluding hydrogens is 268 g/mol. The van der Waals surface area contributed by atoms with E-state index in [1.54, 1.807) is 11.0 Å². The Morgan fingerprint density at radius 3 is 3.05 bits per heavy atom. The molecule has 2 amide bonds. The predicted octanol–water partition coefficient (Wildman–Crippen LogP) is 2.14. The quantitative estimate of drug-likeness (QED) is 0.857. The van der Waals surface area contributed by atoms with E-state index in [2.05, 4.69) is 0 Å². The molecule has 2 aliphatic rings. The van der Waals surface area contributed by atoms with Crippen LogP contribution in [0.5, 0.6) is 0 Å². The summed E-state index contributed by atoms with van der Waals surface area (Å²) < 4.78 is 4.99. The average Bonchev–Trinajstić information content (AvgIpc) is 3.12. The Labute approximate surface area is 124 Å². The van der Waals surface area contributed by atoms with Gasteiger partial charge in [-0.15, -0.1) is 0 Å². The van der Waals surface area contributed by atoms with Crippen molar-refractivity contribution in [1.82, 2.24) is 9.80 Å². The molecular formula is C16H22N2O3. The zero-order chi connectivity index (χ0) is 15.0. The Hall–Kier alpha value is -1.78. The molecule has 2 unspecified atom stereocenters. The van der Waals surface area contributed by atoms with Gasteiger partial charge >= 0.3 is 0 Å². The number of fused-ring (bicyclic) bond motifs is 1. The normalized spacial score (nSPS) is 28.6. The fourth-order valence-corrected chi connectivity index (χ4v) is 4.14. The molecule has 1 saturated heterocycles. The molecule has 21 heavy (non-hydrogen) atoms. The van der Waals surface area contributed by atoms with E-state index in [-0.39, 0.29) is 23.3 Å². The summed E-state index contributed by atoms with van der Waals surface area (Å²) in [4.78, 5) is 28.0. The van der Waals surface area contributed by atoms with Crippen LogP contribution in [0.3, 0.4) is 0 Å². The highest BCUT2D eigenvalue weighted by Gasteiger charge is 2.49. The van der Waals surface area contributed by atoms with Crippen molar-refractivity contribution >= 4 is 11.8 Å². The second kappa shape index (κ2) is 5.20. The van der Waals surface area contributed by atoms with Gasteiger partial charge < -0.3 is 14.2 Å². The van der Waals surface area contributed by atoms with Crippen LogP contribution < -0.4 is 0 Å². The Bertz CT molecular complexity index is 540. The lowest BCUT2D eigenvalue weighted by Gasteiger charge is -2.46. The van der Waals surface area contributed by atoms with E-state index in [4.69, 9.17) is 4.42 Å². The number of piperidine rings is 1. The van der Waals surface area contributed by atoms with E-state index < -0.39 is 0 Å². The topological polar surface area (TPSA) is 53.8 Å². The molecule has 0 radical (unpaired) electrons. The molecule has 1 aliphatic carbocycles. The van der Waals surface area contributed by atoms with Gasteiger partial charge in [0.2, 0.25) is 5.91 Å². The summed E-state index contributed by atoms with van der Waals surface area (Å²) in [6, 6.07) is 1.97. The number of amides is 2. The van der Waals surface area contributed by atoms with E-state index in [1.807, 2.05) is 19.0 Å². The first kappa shape index (κ1) is 14.2.